The summed E-state index contributed by atoms with van der Waals surface area (Å²) in [6, 6.07) is 8.01. The zero-order chi connectivity index (χ0) is 13.0. The molecule has 0 aromatic heterocycles. The van der Waals surface area contributed by atoms with E-state index in [0.29, 0.717) is 17.6 Å². The Bertz CT molecular complexity index is 572. The average molecular weight is 254 g/mol. The van der Waals surface area contributed by atoms with E-state index in [4.69, 9.17) is 0 Å². The molecule has 0 amide bonds. The fourth-order valence-electron chi connectivity index (χ4n) is 4.42. The van der Waals surface area contributed by atoms with E-state index in [-0.39, 0.29) is 12.0 Å². The third kappa shape index (κ3) is 1.56. The van der Waals surface area contributed by atoms with Crippen molar-refractivity contribution < 1.29 is 9.90 Å². The van der Waals surface area contributed by atoms with Crippen LogP contribution in [0, 0.1) is 17.8 Å². The number of ketones is 1. The summed E-state index contributed by atoms with van der Waals surface area (Å²) in [5, 5.41) is 10.4. The second-order valence-corrected chi connectivity index (χ2v) is 6.15. The highest BCUT2D eigenvalue weighted by Gasteiger charge is 2.45. The molecule has 0 radical (unpaired) electrons. The van der Waals surface area contributed by atoms with E-state index in [1.807, 2.05) is 24.3 Å². The second-order valence-electron chi connectivity index (χ2n) is 6.15. The minimum absolute atomic E-state index is 0.228. The predicted molar refractivity (Wildman–Crippen MR) is 73.3 cm³/mol. The van der Waals surface area contributed by atoms with E-state index in [2.05, 4.69) is 6.07 Å². The quantitative estimate of drug-likeness (QED) is 0.772. The van der Waals surface area contributed by atoms with Gasteiger partial charge in [0.05, 0.1) is 6.10 Å². The molecule has 1 N–H and O–H groups in total. The van der Waals surface area contributed by atoms with Crippen LogP contribution in [0.3, 0.4) is 0 Å². The van der Waals surface area contributed by atoms with Crippen LogP contribution in [0.15, 0.2) is 30.3 Å². The highest BCUT2D eigenvalue weighted by Crippen LogP contribution is 2.53. The van der Waals surface area contributed by atoms with Gasteiger partial charge in [-0.05, 0) is 53.9 Å². The maximum absolute atomic E-state index is 12.3. The van der Waals surface area contributed by atoms with Crippen molar-refractivity contribution in [3.63, 3.8) is 0 Å². The Morgan fingerprint density at radius 3 is 2.84 bits per heavy atom. The maximum atomic E-state index is 12.3. The monoisotopic (exact) mass is 254 g/mol. The van der Waals surface area contributed by atoms with Gasteiger partial charge in [-0.2, -0.15) is 0 Å². The maximum Gasteiger partial charge on any atom is 0.159 e. The van der Waals surface area contributed by atoms with Crippen LogP contribution in [0.5, 0.6) is 0 Å². The van der Waals surface area contributed by atoms with E-state index in [0.717, 1.165) is 36.8 Å². The highest BCUT2D eigenvalue weighted by atomic mass is 16.3. The van der Waals surface area contributed by atoms with Gasteiger partial charge in [-0.15, -0.1) is 0 Å². The molecule has 0 aliphatic heterocycles. The van der Waals surface area contributed by atoms with Crippen molar-refractivity contribution in [1.29, 1.82) is 0 Å². The van der Waals surface area contributed by atoms with Crippen LogP contribution in [-0.2, 0) is 4.79 Å². The molecule has 19 heavy (non-hydrogen) atoms. The number of rotatable bonds is 0. The lowest BCUT2D eigenvalue weighted by atomic mass is 9.65. The van der Waals surface area contributed by atoms with Crippen molar-refractivity contribution in [2.24, 2.45) is 17.8 Å². The Labute approximate surface area is 113 Å². The van der Waals surface area contributed by atoms with Crippen LogP contribution in [0.25, 0.3) is 5.57 Å². The lowest BCUT2D eigenvalue weighted by Gasteiger charge is -2.39. The van der Waals surface area contributed by atoms with Crippen molar-refractivity contribution in [1.82, 2.24) is 0 Å². The summed E-state index contributed by atoms with van der Waals surface area (Å²) in [4.78, 5) is 12.3. The number of hydrogen-bond acceptors (Lipinski definition) is 2. The number of aliphatic hydroxyl groups is 1. The van der Waals surface area contributed by atoms with Crippen molar-refractivity contribution in [2.75, 3.05) is 0 Å². The van der Waals surface area contributed by atoms with Crippen molar-refractivity contribution in [3.05, 3.63) is 41.5 Å². The van der Waals surface area contributed by atoms with Gasteiger partial charge >= 0.3 is 0 Å². The Hall–Kier alpha value is -1.41. The van der Waals surface area contributed by atoms with Gasteiger partial charge in [0.2, 0.25) is 0 Å². The van der Waals surface area contributed by atoms with Gasteiger partial charge in [-0.3, -0.25) is 4.79 Å². The molecular weight excluding hydrogens is 236 g/mol. The summed E-state index contributed by atoms with van der Waals surface area (Å²) in [6.45, 7) is 0. The first kappa shape index (κ1) is 11.4. The number of carbonyl (C=O) groups is 1. The molecule has 0 saturated heterocycles. The topological polar surface area (TPSA) is 37.3 Å². The number of hydrogen-bond donors (Lipinski definition) is 1. The third-order valence-corrected chi connectivity index (χ3v) is 5.26. The molecule has 2 heteroatoms. The van der Waals surface area contributed by atoms with Crippen molar-refractivity contribution in [3.8, 4) is 0 Å². The number of fused-ring (bicyclic) bond motifs is 5. The van der Waals surface area contributed by atoms with E-state index >= 15 is 0 Å². The van der Waals surface area contributed by atoms with Gasteiger partial charge in [0.15, 0.2) is 5.78 Å². The number of carbonyl (C=O) groups excluding carboxylic acids is 1. The summed E-state index contributed by atoms with van der Waals surface area (Å²) >= 11 is 0. The lowest BCUT2D eigenvalue weighted by Crippen LogP contribution is -2.33. The summed E-state index contributed by atoms with van der Waals surface area (Å²) < 4.78 is 0. The van der Waals surface area contributed by atoms with Crippen LogP contribution < -0.4 is 0 Å². The largest absolute Gasteiger partial charge is 0.388 e. The van der Waals surface area contributed by atoms with Crippen molar-refractivity contribution >= 4 is 11.4 Å². The molecule has 4 rings (SSSR count). The van der Waals surface area contributed by atoms with E-state index in [1.54, 1.807) is 0 Å². The molecule has 1 unspecified atom stereocenters. The molecule has 0 bridgehead atoms. The van der Waals surface area contributed by atoms with E-state index in [1.165, 1.54) is 5.57 Å². The van der Waals surface area contributed by atoms with E-state index < -0.39 is 0 Å². The molecular formula is C17H18O2. The first-order valence-electron chi connectivity index (χ1n) is 7.28. The normalized spacial score (nSPS) is 36.3. The lowest BCUT2D eigenvalue weighted by molar-refractivity contribution is -0.120. The minimum Gasteiger partial charge on any atom is -0.388 e. The molecule has 1 aromatic rings. The summed E-state index contributed by atoms with van der Waals surface area (Å²) in [5.41, 5.74) is 3.29. The Morgan fingerprint density at radius 2 is 1.95 bits per heavy atom. The number of benzene rings is 1. The molecule has 1 saturated carbocycles. The van der Waals surface area contributed by atoms with Gasteiger partial charge in [0.1, 0.15) is 0 Å². The molecule has 3 aliphatic rings. The smallest absolute Gasteiger partial charge is 0.159 e. The molecule has 1 fully saturated rings. The van der Waals surface area contributed by atoms with Crippen LogP contribution in [-0.4, -0.2) is 10.9 Å². The molecule has 0 spiro atoms. The van der Waals surface area contributed by atoms with Crippen LogP contribution in [0.2, 0.25) is 0 Å². The number of allylic oxidation sites excluding steroid dienone is 2. The third-order valence-electron chi connectivity index (χ3n) is 5.26. The van der Waals surface area contributed by atoms with E-state index in [9.17, 15) is 9.90 Å². The Kier molecular flexibility index (Phi) is 2.43. The van der Waals surface area contributed by atoms with Gasteiger partial charge in [-0.25, -0.2) is 0 Å². The fraction of sp³-hybridized carbons (Fsp3) is 0.471. The SMILES string of the molecule is O=C1C=C2c3ccccc3[C@@H](O)C[C@H]2[C@@H]2CCCC12. The van der Waals surface area contributed by atoms with Gasteiger partial charge in [-0.1, -0.05) is 30.7 Å². The minimum atomic E-state index is -0.368. The van der Waals surface area contributed by atoms with Gasteiger partial charge < -0.3 is 5.11 Å². The first-order chi connectivity index (χ1) is 9.25. The average Bonchev–Trinajstić information content (AvgIpc) is 2.91. The van der Waals surface area contributed by atoms with Crippen LogP contribution in [0.1, 0.15) is 42.9 Å². The molecule has 2 nitrogen and oxygen atoms in total. The number of aliphatic hydroxyl groups excluding tert-OH is 1. The van der Waals surface area contributed by atoms with Crippen LogP contribution >= 0.6 is 0 Å². The summed E-state index contributed by atoms with van der Waals surface area (Å²) in [7, 11) is 0. The fourth-order valence-corrected chi connectivity index (χ4v) is 4.42. The second kappa shape index (κ2) is 4.04. The van der Waals surface area contributed by atoms with Gasteiger partial charge in [0, 0.05) is 5.92 Å². The van der Waals surface area contributed by atoms with Crippen molar-refractivity contribution in [2.45, 2.75) is 31.8 Å². The summed E-state index contributed by atoms with van der Waals surface area (Å²) in [5.74, 6) is 1.40. The molecule has 0 heterocycles. The molecule has 4 atom stereocenters. The zero-order valence-corrected chi connectivity index (χ0v) is 10.9. The summed E-state index contributed by atoms with van der Waals surface area (Å²) in [6.07, 6.45) is 5.65. The Balaban J connectivity index is 1.87. The molecule has 1 aromatic carbocycles. The Morgan fingerprint density at radius 1 is 1.11 bits per heavy atom. The zero-order valence-electron chi connectivity index (χ0n) is 10.9. The first-order valence-corrected chi connectivity index (χ1v) is 7.28. The van der Waals surface area contributed by atoms with Gasteiger partial charge in [0.25, 0.3) is 0 Å². The van der Waals surface area contributed by atoms with Crippen LogP contribution in [0.4, 0.5) is 0 Å². The molecule has 98 valence electrons. The predicted octanol–water partition coefficient (Wildman–Crippen LogP) is 3.12. The molecule has 3 aliphatic carbocycles. The standard InChI is InChI=1S/C17H18O2/c18-16-9-15-11-6-3-7-13(11)17(19)8-14(15)10-4-1-2-5-12(10)16/h1-2,4-5,8,11,13,15-16,18H,3,6-7,9H2/t11-,13?,15+,16+/m1/s1. The highest BCUT2D eigenvalue weighted by molar-refractivity contribution is 6.01.